The second-order valence-electron chi connectivity index (χ2n) is 5.87. The molecule has 9 heteroatoms. The highest BCUT2D eigenvalue weighted by Crippen LogP contribution is 2.18. The number of hydrogen-bond acceptors (Lipinski definition) is 5. The number of nitrogens with zero attached hydrogens (tertiary/aromatic N) is 3. The van der Waals surface area contributed by atoms with Crippen molar-refractivity contribution in [3.8, 4) is 0 Å². The van der Waals surface area contributed by atoms with Crippen molar-refractivity contribution < 1.29 is 12.8 Å². The van der Waals surface area contributed by atoms with Crippen LogP contribution in [0.4, 0.5) is 0 Å². The number of imidazole rings is 1. The van der Waals surface area contributed by atoms with Gasteiger partial charge in [0.25, 0.3) is 0 Å². The molecule has 0 unspecified atom stereocenters. The normalized spacial score (nSPS) is 12.2. The number of pyridine rings is 1. The summed E-state index contributed by atoms with van der Waals surface area (Å²) in [7, 11) is -2.16. The zero-order valence-electron chi connectivity index (χ0n) is 13.9. The molecule has 0 aliphatic heterocycles. The molecule has 0 spiro atoms. The third kappa shape index (κ3) is 2.80. The Bertz CT molecular complexity index is 1270. The summed E-state index contributed by atoms with van der Waals surface area (Å²) in [5, 5.41) is 0. The van der Waals surface area contributed by atoms with Crippen molar-refractivity contribution in [2.24, 2.45) is 7.05 Å². The molecule has 4 rings (SSSR count). The molecule has 26 heavy (non-hydrogen) atoms. The van der Waals surface area contributed by atoms with E-state index in [0.29, 0.717) is 11.9 Å². The number of benzene rings is 1. The number of sulfonamides is 1. The lowest BCUT2D eigenvalue weighted by Crippen LogP contribution is -2.26. The van der Waals surface area contributed by atoms with E-state index in [1.54, 1.807) is 19.3 Å². The van der Waals surface area contributed by atoms with Crippen LogP contribution in [0.2, 0.25) is 0 Å². The largest absolute Gasteiger partial charge is 0.419 e. The van der Waals surface area contributed by atoms with Crippen molar-refractivity contribution in [2.75, 3.05) is 6.54 Å². The number of aromatic nitrogens is 3. The number of nitrogens with one attached hydrogen (secondary N) is 1. The van der Waals surface area contributed by atoms with Crippen molar-refractivity contribution in [2.45, 2.75) is 11.3 Å². The molecule has 0 aliphatic rings. The lowest BCUT2D eigenvalue weighted by molar-refractivity contribution is 0.527. The van der Waals surface area contributed by atoms with E-state index in [-0.39, 0.29) is 17.0 Å². The molecule has 4 aromatic rings. The van der Waals surface area contributed by atoms with Gasteiger partial charge in [-0.25, -0.2) is 22.9 Å². The fourth-order valence-electron chi connectivity index (χ4n) is 2.85. The third-order valence-electron chi connectivity index (χ3n) is 4.23. The van der Waals surface area contributed by atoms with Crippen LogP contribution in [0, 0.1) is 0 Å². The maximum absolute atomic E-state index is 12.5. The zero-order chi connectivity index (χ0) is 18.3. The van der Waals surface area contributed by atoms with Gasteiger partial charge in [0.1, 0.15) is 5.82 Å². The summed E-state index contributed by atoms with van der Waals surface area (Å²) in [6.07, 6.45) is 4.08. The van der Waals surface area contributed by atoms with E-state index in [1.807, 2.05) is 28.8 Å². The third-order valence-corrected chi connectivity index (χ3v) is 5.69. The Morgan fingerprint density at radius 2 is 2.08 bits per heavy atom. The molecule has 0 radical (unpaired) electrons. The maximum Gasteiger partial charge on any atom is 0.419 e. The van der Waals surface area contributed by atoms with E-state index in [9.17, 15) is 13.2 Å². The van der Waals surface area contributed by atoms with Crippen molar-refractivity contribution in [3.63, 3.8) is 0 Å². The summed E-state index contributed by atoms with van der Waals surface area (Å²) in [4.78, 5) is 15.9. The number of rotatable bonds is 5. The Morgan fingerprint density at radius 3 is 2.92 bits per heavy atom. The highest BCUT2D eigenvalue weighted by molar-refractivity contribution is 7.89. The van der Waals surface area contributed by atoms with Gasteiger partial charge >= 0.3 is 5.76 Å². The quantitative estimate of drug-likeness (QED) is 0.569. The van der Waals surface area contributed by atoms with Gasteiger partial charge in [-0.3, -0.25) is 4.57 Å². The molecule has 0 aliphatic carbocycles. The van der Waals surface area contributed by atoms with Crippen LogP contribution in [-0.2, 0) is 23.5 Å². The first-order valence-corrected chi connectivity index (χ1v) is 9.44. The van der Waals surface area contributed by atoms with Crippen molar-refractivity contribution in [1.29, 1.82) is 0 Å². The Hall–Kier alpha value is -2.91. The van der Waals surface area contributed by atoms with Crippen LogP contribution < -0.4 is 10.5 Å². The van der Waals surface area contributed by atoms with Crippen LogP contribution in [-0.4, -0.2) is 28.9 Å². The van der Waals surface area contributed by atoms with Crippen molar-refractivity contribution in [1.82, 2.24) is 18.7 Å². The van der Waals surface area contributed by atoms with Gasteiger partial charge in [-0.15, -0.1) is 0 Å². The lowest BCUT2D eigenvalue weighted by atomic mass is 10.3. The topological polar surface area (TPSA) is 98.6 Å². The van der Waals surface area contributed by atoms with Gasteiger partial charge in [-0.2, -0.15) is 0 Å². The summed E-state index contributed by atoms with van der Waals surface area (Å²) in [5.41, 5.74) is 1.73. The van der Waals surface area contributed by atoms with Gasteiger partial charge in [0.05, 0.1) is 22.1 Å². The summed E-state index contributed by atoms with van der Waals surface area (Å²) >= 11 is 0. The first kappa shape index (κ1) is 16.6. The number of hydrogen-bond donors (Lipinski definition) is 1. The van der Waals surface area contributed by atoms with Crippen LogP contribution in [0.15, 0.2) is 62.9 Å². The van der Waals surface area contributed by atoms with Crippen LogP contribution >= 0.6 is 0 Å². The van der Waals surface area contributed by atoms with E-state index >= 15 is 0 Å². The van der Waals surface area contributed by atoms with Crippen LogP contribution in [0.5, 0.6) is 0 Å². The predicted molar refractivity (Wildman–Crippen MR) is 95.5 cm³/mol. The first-order valence-electron chi connectivity index (χ1n) is 7.96. The Balaban J connectivity index is 1.53. The SMILES string of the molecule is Cn1c(=O)oc2cc(S(=O)(=O)NCCc3ncc4ccccn34)ccc21. The molecule has 0 bridgehead atoms. The molecule has 1 aromatic carbocycles. The van der Waals surface area contributed by atoms with Crippen molar-refractivity contribution in [3.05, 3.63) is 65.2 Å². The van der Waals surface area contributed by atoms with E-state index in [0.717, 1.165) is 11.3 Å². The van der Waals surface area contributed by atoms with Gasteiger partial charge in [0, 0.05) is 32.3 Å². The monoisotopic (exact) mass is 372 g/mol. The molecule has 1 N–H and O–H groups in total. The number of aryl methyl sites for hydroxylation is 1. The molecule has 8 nitrogen and oxygen atoms in total. The average molecular weight is 372 g/mol. The highest BCUT2D eigenvalue weighted by Gasteiger charge is 2.17. The second kappa shape index (κ2) is 6.11. The van der Waals surface area contributed by atoms with Gasteiger partial charge in [0.15, 0.2) is 5.58 Å². The molecule has 3 aromatic heterocycles. The fourth-order valence-corrected chi connectivity index (χ4v) is 3.89. The summed E-state index contributed by atoms with van der Waals surface area (Å²) in [5.74, 6) is 0.238. The smallest absolute Gasteiger partial charge is 0.408 e. The summed E-state index contributed by atoms with van der Waals surface area (Å²) < 4.78 is 35.8. The lowest BCUT2D eigenvalue weighted by Gasteiger charge is -2.06. The van der Waals surface area contributed by atoms with Crippen LogP contribution in [0.25, 0.3) is 16.6 Å². The van der Waals surface area contributed by atoms with Crippen molar-refractivity contribution >= 4 is 26.6 Å². The Labute approximate surface area is 148 Å². The van der Waals surface area contributed by atoms with Gasteiger partial charge in [-0.1, -0.05) is 6.07 Å². The predicted octanol–water partition coefficient (Wildman–Crippen LogP) is 1.30. The molecule has 0 atom stereocenters. The molecule has 134 valence electrons. The number of fused-ring (bicyclic) bond motifs is 2. The second-order valence-corrected chi connectivity index (χ2v) is 7.64. The van der Waals surface area contributed by atoms with E-state index < -0.39 is 15.8 Å². The molecular weight excluding hydrogens is 356 g/mol. The highest BCUT2D eigenvalue weighted by atomic mass is 32.2. The van der Waals surface area contributed by atoms with Gasteiger partial charge < -0.3 is 8.82 Å². The van der Waals surface area contributed by atoms with Crippen LogP contribution in [0.3, 0.4) is 0 Å². The molecule has 0 saturated heterocycles. The minimum atomic E-state index is -3.72. The number of oxazole rings is 1. The summed E-state index contributed by atoms with van der Waals surface area (Å²) in [6.45, 7) is 0.202. The van der Waals surface area contributed by atoms with Gasteiger partial charge in [0.2, 0.25) is 10.0 Å². The molecule has 0 fully saturated rings. The Kier molecular flexibility index (Phi) is 3.89. The van der Waals surface area contributed by atoms with E-state index in [1.165, 1.54) is 16.7 Å². The minimum absolute atomic E-state index is 0.0485. The zero-order valence-corrected chi connectivity index (χ0v) is 14.7. The molecule has 0 amide bonds. The van der Waals surface area contributed by atoms with Gasteiger partial charge in [-0.05, 0) is 24.3 Å². The summed E-state index contributed by atoms with van der Waals surface area (Å²) in [6, 6.07) is 10.1. The Morgan fingerprint density at radius 1 is 1.23 bits per heavy atom. The fraction of sp³-hybridized carbons (Fsp3) is 0.176. The minimum Gasteiger partial charge on any atom is -0.408 e. The average Bonchev–Trinajstić information content (AvgIpc) is 3.16. The molecule has 0 saturated carbocycles. The molecular formula is C17H16N4O4S. The van der Waals surface area contributed by atoms with Crippen LogP contribution in [0.1, 0.15) is 5.82 Å². The van der Waals surface area contributed by atoms with E-state index in [2.05, 4.69) is 9.71 Å². The first-order chi connectivity index (χ1) is 12.5. The maximum atomic E-state index is 12.5. The molecule has 3 heterocycles. The standard InChI is InChI=1S/C17H16N4O4S/c1-20-14-6-5-13(10-15(14)25-17(20)22)26(23,24)19-8-7-16-18-11-12-4-2-3-9-21(12)16/h2-6,9-11,19H,7-8H2,1H3. The van der Waals surface area contributed by atoms with E-state index in [4.69, 9.17) is 4.42 Å².